The summed E-state index contributed by atoms with van der Waals surface area (Å²) in [5.41, 5.74) is 2.51. The van der Waals surface area contributed by atoms with Crippen LogP contribution in [0.5, 0.6) is 11.5 Å². The van der Waals surface area contributed by atoms with Gasteiger partial charge in [-0.3, -0.25) is 9.78 Å². The molecule has 28 heavy (non-hydrogen) atoms. The number of nitrogens with one attached hydrogen (secondary N) is 1. The predicted octanol–water partition coefficient (Wildman–Crippen LogP) is 3.95. The third kappa shape index (κ3) is 4.10. The molecule has 5 nitrogen and oxygen atoms in total. The summed E-state index contributed by atoms with van der Waals surface area (Å²) in [6, 6.07) is 18.7. The number of hydrogen-bond donors (Lipinski definition) is 1. The van der Waals surface area contributed by atoms with Gasteiger partial charge < -0.3 is 14.8 Å². The Morgan fingerprint density at radius 1 is 1.07 bits per heavy atom. The first kappa shape index (κ1) is 18.3. The van der Waals surface area contributed by atoms with Crippen molar-refractivity contribution in [2.24, 2.45) is 0 Å². The van der Waals surface area contributed by atoms with E-state index >= 15 is 0 Å². The Morgan fingerprint density at radius 3 is 2.64 bits per heavy atom. The number of benzene rings is 2. The Bertz CT molecular complexity index is 925. The first-order valence-electron chi connectivity index (χ1n) is 9.04. The summed E-state index contributed by atoms with van der Waals surface area (Å²) >= 11 is 6.28. The fourth-order valence-electron chi connectivity index (χ4n) is 3.18. The molecule has 0 fully saturated rings. The molecule has 1 N–H and O–H groups in total. The van der Waals surface area contributed by atoms with Gasteiger partial charge in [-0.15, -0.1) is 0 Å². The van der Waals surface area contributed by atoms with Crippen molar-refractivity contribution in [3.8, 4) is 11.5 Å². The monoisotopic (exact) mass is 394 g/mol. The van der Waals surface area contributed by atoms with Crippen LogP contribution in [0.3, 0.4) is 0 Å². The first-order valence-corrected chi connectivity index (χ1v) is 9.42. The van der Waals surface area contributed by atoms with Crippen LogP contribution >= 0.6 is 11.6 Å². The smallest absolute Gasteiger partial charge is 0.225 e. The number of amides is 1. The molecular weight excluding hydrogens is 376 g/mol. The van der Waals surface area contributed by atoms with E-state index in [1.54, 1.807) is 18.3 Å². The molecule has 1 aromatic heterocycles. The van der Waals surface area contributed by atoms with Gasteiger partial charge >= 0.3 is 0 Å². The van der Waals surface area contributed by atoms with Crippen molar-refractivity contribution < 1.29 is 14.3 Å². The van der Waals surface area contributed by atoms with Gasteiger partial charge in [-0.05, 0) is 35.4 Å². The van der Waals surface area contributed by atoms with Gasteiger partial charge in [0.05, 0.1) is 23.2 Å². The zero-order valence-electron chi connectivity index (χ0n) is 15.1. The Morgan fingerprint density at radius 2 is 1.86 bits per heavy atom. The van der Waals surface area contributed by atoms with Crippen LogP contribution in [0.1, 0.15) is 22.9 Å². The van der Waals surface area contributed by atoms with Crippen molar-refractivity contribution in [2.75, 3.05) is 13.2 Å². The second-order valence-corrected chi connectivity index (χ2v) is 6.85. The Kier molecular flexibility index (Phi) is 5.44. The minimum Gasteiger partial charge on any atom is -0.486 e. The number of fused-ring (bicyclic) bond motifs is 1. The standard InChI is InChI=1S/C22H19ClN2O3/c23-17-12-15(13-19-22(17)28-11-10-27-19)14-20(26)25-21(16-6-2-1-3-7-16)18-8-4-5-9-24-18/h1-9,12-13,21H,10-11,14H2,(H,25,26). The Labute approximate surface area is 168 Å². The molecule has 0 radical (unpaired) electrons. The van der Waals surface area contributed by atoms with Crippen molar-refractivity contribution in [1.29, 1.82) is 0 Å². The van der Waals surface area contributed by atoms with Crippen LogP contribution in [0, 0.1) is 0 Å². The van der Waals surface area contributed by atoms with Crippen molar-refractivity contribution in [3.05, 3.63) is 88.7 Å². The van der Waals surface area contributed by atoms with E-state index in [1.807, 2.05) is 48.5 Å². The minimum atomic E-state index is -0.331. The summed E-state index contributed by atoms with van der Waals surface area (Å²) in [5.74, 6) is 0.978. The molecular formula is C22H19ClN2O3. The molecule has 4 rings (SSSR count). The highest BCUT2D eigenvalue weighted by molar-refractivity contribution is 6.32. The average molecular weight is 395 g/mol. The maximum absolute atomic E-state index is 12.8. The lowest BCUT2D eigenvalue weighted by molar-refractivity contribution is -0.121. The lowest BCUT2D eigenvalue weighted by Crippen LogP contribution is -2.31. The molecule has 2 heterocycles. The molecule has 1 amide bonds. The number of halogens is 1. The van der Waals surface area contributed by atoms with Gasteiger partial charge in [-0.2, -0.15) is 0 Å². The van der Waals surface area contributed by atoms with E-state index in [-0.39, 0.29) is 18.4 Å². The summed E-state index contributed by atoms with van der Waals surface area (Å²) in [6.45, 7) is 0.935. The van der Waals surface area contributed by atoms with E-state index in [0.717, 1.165) is 16.8 Å². The zero-order valence-corrected chi connectivity index (χ0v) is 15.9. The number of aromatic nitrogens is 1. The summed E-state index contributed by atoms with van der Waals surface area (Å²) in [5, 5.41) is 3.53. The lowest BCUT2D eigenvalue weighted by atomic mass is 10.0. The van der Waals surface area contributed by atoms with Gasteiger partial charge in [-0.1, -0.05) is 48.0 Å². The lowest BCUT2D eigenvalue weighted by Gasteiger charge is -2.21. The fraction of sp³-hybridized carbons (Fsp3) is 0.182. The molecule has 0 saturated heterocycles. The van der Waals surface area contributed by atoms with Crippen LogP contribution in [-0.2, 0) is 11.2 Å². The second kappa shape index (κ2) is 8.31. The summed E-state index contributed by atoms with van der Waals surface area (Å²) < 4.78 is 11.1. The van der Waals surface area contributed by atoms with E-state index in [9.17, 15) is 4.79 Å². The highest BCUT2D eigenvalue weighted by Gasteiger charge is 2.20. The highest BCUT2D eigenvalue weighted by Crippen LogP contribution is 2.38. The van der Waals surface area contributed by atoms with Crippen molar-refractivity contribution in [2.45, 2.75) is 12.5 Å². The van der Waals surface area contributed by atoms with Gasteiger partial charge in [0.15, 0.2) is 11.5 Å². The highest BCUT2D eigenvalue weighted by atomic mass is 35.5. The molecule has 1 unspecified atom stereocenters. The molecule has 0 aliphatic carbocycles. The topological polar surface area (TPSA) is 60.5 Å². The van der Waals surface area contributed by atoms with Gasteiger partial charge in [0.1, 0.15) is 13.2 Å². The number of hydrogen-bond acceptors (Lipinski definition) is 4. The normalized spacial score (nSPS) is 13.6. The summed E-state index contributed by atoms with van der Waals surface area (Å²) in [7, 11) is 0. The van der Waals surface area contributed by atoms with E-state index in [2.05, 4.69) is 10.3 Å². The number of rotatable bonds is 5. The molecule has 1 aliphatic heterocycles. The van der Waals surface area contributed by atoms with E-state index < -0.39 is 0 Å². The van der Waals surface area contributed by atoms with Gasteiger partial charge in [0, 0.05) is 6.20 Å². The molecule has 6 heteroatoms. The number of pyridine rings is 1. The van der Waals surface area contributed by atoms with E-state index in [1.165, 1.54) is 0 Å². The summed E-state index contributed by atoms with van der Waals surface area (Å²) in [4.78, 5) is 17.2. The second-order valence-electron chi connectivity index (χ2n) is 6.44. The molecule has 142 valence electrons. The number of ether oxygens (including phenoxy) is 2. The molecule has 0 spiro atoms. The SMILES string of the molecule is O=C(Cc1cc(Cl)c2c(c1)OCCO2)NC(c1ccccc1)c1ccccn1. The van der Waals surface area contributed by atoms with Crippen LogP contribution in [0.4, 0.5) is 0 Å². The first-order chi connectivity index (χ1) is 13.7. The van der Waals surface area contributed by atoms with Crippen LogP contribution < -0.4 is 14.8 Å². The largest absolute Gasteiger partial charge is 0.486 e. The summed E-state index contributed by atoms with van der Waals surface area (Å²) in [6.07, 6.45) is 1.89. The van der Waals surface area contributed by atoms with Crippen LogP contribution in [0.15, 0.2) is 66.9 Å². The molecule has 3 aromatic rings. The van der Waals surface area contributed by atoms with Crippen LogP contribution in [0.2, 0.25) is 5.02 Å². The molecule has 0 bridgehead atoms. The van der Waals surface area contributed by atoms with Crippen LogP contribution in [0.25, 0.3) is 0 Å². The maximum Gasteiger partial charge on any atom is 0.225 e. The zero-order chi connectivity index (χ0) is 19.3. The van der Waals surface area contributed by atoms with Crippen molar-refractivity contribution in [3.63, 3.8) is 0 Å². The van der Waals surface area contributed by atoms with Gasteiger partial charge in [-0.25, -0.2) is 0 Å². The van der Waals surface area contributed by atoms with E-state index in [0.29, 0.717) is 29.7 Å². The number of carbonyl (C=O) groups excluding carboxylic acids is 1. The Hall–Kier alpha value is -3.05. The third-order valence-electron chi connectivity index (χ3n) is 4.44. The number of carbonyl (C=O) groups is 1. The number of nitrogens with zero attached hydrogens (tertiary/aromatic N) is 1. The van der Waals surface area contributed by atoms with Crippen molar-refractivity contribution >= 4 is 17.5 Å². The molecule has 2 aromatic carbocycles. The molecule has 1 atom stereocenters. The average Bonchev–Trinajstić information content (AvgIpc) is 2.73. The third-order valence-corrected chi connectivity index (χ3v) is 4.72. The maximum atomic E-state index is 12.8. The quantitative estimate of drug-likeness (QED) is 0.711. The molecule has 1 aliphatic rings. The Balaban J connectivity index is 1.55. The fourth-order valence-corrected chi connectivity index (χ4v) is 3.47. The van der Waals surface area contributed by atoms with Gasteiger partial charge in [0.2, 0.25) is 5.91 Å². The molecule has 0 saturated carbocycles. The van der Waals surface area contributed by atoms with Gasteiger partial charge in [0.25, 0.3) is 0 Å². The minimum absolute atomic E-state index is 0.132. The predicted molar refractivity (Wildman–Crippen MR) is 107 cm³/mol. The van der Waals surface area contributed by atoms with E-state index in [4.69, 9.17) is 21.1 Å². The van der Waals surface area contributed by atoms with Crippen LogP contribution in [-0.4, -0.2) is 24.1 Å². The van der Waals surface area contributed by atoms with Crippen molar-refractivity contribution in [1.82, 2.24) is 10.3 Å².